The molecule has 0 saturated carbocycles. The number of rotatable bonds is 1. The molecular formula is C7H6ClNO. The number of pyridine rings is 1. The summed E-state index contributed by atoms with van der Waals surface area (Å²) in [7, 11) is 0. The first-order valence-electron chi connectivity index (χ1n) is 2.81. The molecule has 2 nitrogen and oxygen atoms in total. The van der Waals surface area contributed by atoms with Crippen LogP contribution in [0, 0.1) is 6.92 Å². The van der Waals surface area contributed by atoms with Crippen LogP contribution >= 0.6 is 11.6 Å². The van der Waals surface area contributed by atoms with Crippen LogP contribution in [-0.4, -0.2) is 11.3 Å². The van der Waals surface area contributed by atoms with Gasteiger partial charge in [0.05, 0.1) is 5.02 Å². The van der Waals surface area contributed by atoms with Gasteiger partial charge in [-0.1, -0.05) is 11.6 Å². The topological polar surface area (TPSA) is 30.0 Å². The molecule has 1 rings (SSSR count). The first kappa shape index (κ1) is 7.22. The van der Waals surface area contributed by atoms with Crippen LogP contribution in [0.4, 0.5) is 0 Å². The molecule has 0 fully saturated rings. The SMILES string of the molecule is Cc1cc(C=O)c(Cl)cn1. The molecule has 10 heavy (non-hydrogen) atoms. The molecule has 0 N–H and O–H groups in total. The second-order valence-electron chi connectivity index (χ2n) is 1.97. The van der Waals surface area contributed by atoms with Gasteiger partial charge in [0.15, 0.2) is 6.29 Å². The molecule has 0 aliphatic carbocycles. The minimum atomic E-state index is 0.403. The third-order valence-electron chi connectivity index (χ3n) is 1.15. The van der Waals surface area contributed by atoms with E-state index in [2.05, 4.69) is 4.98 Å². The van der Waals surface area contributed by atoms with Crippen molar-refractivity contribution in [2.24, 2.45) is 0 Å². The molecule has 0 unspecified atom stereocenters. The summed E-state index contributed by atoms with van der Waals surface area (Å²) in [6.45, 7) is 1.81. The maximum atomic E-state index is 10.3. The van der Waals surface area contributed by atoms with Gasteiger partial charge in [-0.15, -0.1) is 0 Å². The summed E-state index contributed by atoms with van der Waals surface area (Å²) in [5.74, 6) is 0. The zero-order valence-corrected chi connectivity index (χ0v) is 6.22. The highest BCUT2D eigenvalue weighted by Gasteiger charge is 1.97. The van der Waals surface area contributed by atoms with E-state index < -0.39 is 0 Å². The number of hydrogen-bond acceptors (Lipinski definition) is 2. The summed E-state index contributed by atoms with van der Waals surface area (Å²) >= 11 is 5.60. The molecule has 0 saturated heterocycles. The van der Waals surface area contributed by atoms with Crippen molar-refractivity contribution in [2.75, 3.05) is 0 Å². The summed E-state index contributed by atoms with van der Waals surface area (Å²) in [5, 5.41) is 0.403. The highest BCUT2D eigenvalue weighted by Crippen LogP contribution is 2.12. The Hall–Kier alpha value is -0.890. The van der Waals surface area contributed by atoms with Crippen molar-refractivity contribution in [3.05, 3.63) is 28.5 Å². The molecular weight excluding hydrogens is 150 g/mol. The van der Waals surface area contributed by atoms with Crippen molar-refractivity contribution in [3.63, 3.8) is 0 Å². The number of aldehydes is 1. The number of nitrogens with zero attached hydrogens (tertiary/aromatic N) is 1. The van der Waals surface area contributed by atoms with Gasteiger partial charge >= 0.3 is 0 Å². The normalized spacial score (nSPS) is 9.40. The van der Waals surface area contributed by atoms with Crippen molar-refractivity contribution in [1.29, 1.82) is 0 Å². The maximum Gasteiger partial charge on any atom is 0.151 e. The third kappa shape index (κ3) is 1.33. The Morgan fingerprint density at radius 3 is 2.90 bits per heavy atom. The van der Waals surface area contributed by atoms with E-state index in [1.165, 1.54) is 6.20 Å². The number of carbonyl (C=O) groups excluding carboxylic acids is 1. The summed E-state index contributed by atoms with van der Waals surface area (Å²) in [5.41, 5.74) is 1.29. The number of halogens is 1. The van der Waals surface area contributed by atoms with Gasteiger partial charge in [0.2, 0.25) is 0 Å². The molecule has 0 radical (unpaired) electrons. The highest BCUT2D eigenvalue weighted by molar-refractivity contribution is 6.32. The van der Waals surface area contributed by atoms with Crippen molar-refractivity contribution in [2.45, 2.75) is 6.92 Å². The number of aryl methyl sites for hydroxylation is 1. The minimum absolute atomic E-state index is 0.403. The fourth-order valence-corrected chi connectivity index (χ4v) is 0.802. The summed E-state index contributed by atoms with van der Waals surface area (Å²) in [6, 6.07) is 1.65. The molecule has 1 heterocycles. The zero-order valence-electron chi connectivity index (χ0n) is 5.47. The molecule has 1 aromatic rings. The lowest BCUT2D eigenvalue weighted by Gasteiger charge is -1.94. The van der Waals surface area contributed by atoms with E-state index in [-0.39, 0.29) is 0 Å². The van der Waals surface area contributed by atoms with E-state index in [0.717, 1.165) is 12.0 Å². The molecule has 0 aromatic carbocycles. The van der Waals surface area contributed by atoms with Crippen LogP contribution in [-0.2, 0) is 0 Å². The molecule has 3 heteroatoms. The Balaban J connectivity index is 3.21. The van der Waals surface area contributed by atoms with Gasteiger partial charge in [-0.25, -0.2) is 0 Å². The zero-order chi connectivity index (χ0) is 7.56. The van der Waals surface area contributed by atoms with Crippen molar-refractivity contribution >= 4 is 17.9 Å². The van der Waals surface area contributed by atoms with Crippen molar-refractivity contribution in [3.8, 4) is 0 Å². The van der Waals surface area contributed by atoms with Gasteiger partial charge in [-0.2, -0.15) is 0 Å². The Bertz CT molecular complexity index is 260. The van der Waals surface area contributed by atoms with Crippen LogP contribution in [0.15, 0.2) is 12.3 Å². The fourth-order valence-electron chi connectivity index (χ4n) is 0.655. The number of aromatic nitrogens is 1. The first-order valence-corrected chi connectivity index (χ1v) is 3.19. The Morgan fingerprint density at radius 1 is 1.70 bits per heavy atom. The van der Waals surface area contributed by atoms with Crippen molar-refractivity contribution < 1.29 is 4.79 Å². The second-order valence-corrected chi connectivity index (χ2v) is 2.37. The van der Waals surface area contributed by atoms with Crippen LogP contribution in [0.2, 0.25) is 5.02 Å². The Kier molecular flexibility index (Phi) is 2.02. The first-order chi connectivity index (χ1) is 4.74. The van der Waals surface area contributed by atoms with Gasteiger partial charge in [0.1, 0.15) is 0 Å². The molecule has 0 atom stereocenters. The largest absolute Gasteiger partial charge is 0.298 e. The molecule has 1 aromatic heterocycles. The van der Waals surface area contributed by atoms with E-state index in [1.807, 2.05) is 6.92 Å². The lowest BCUT2D eigenvalue weighted by atomic mass is 10.2. The van der Waals surface area contributed by atoms with E-state index >= 15 is 0 Å². The molecule has 0 spiro atoms. The van der Waals surface area contributed by atoms with Gasteiger partial charge in [-0.3, -0.25) is 9.78 Å². The van der Waals surface area contributed by atoms with Crippen LogP contribution in [0.5, 0.6) is 0 Å². The monoisotopic (exact) mass is 155 g/mol. The minimum Gasteiger partial charge on any atom is -0.298 e. The molecule has 0 aliphatic heterocycles. The second kappa shape index (κ2) is 2.80. The quantitative estimate of drug-likeness (QED) is 0.580. The molecule has 0 aliphatic rings. The van der Waals surface area contributed by atoms with Crippen molar-refractivity contribution in [1.82, 2.24) is 4.98 Å². The lowest BCUT2D eigenvalue weighted by Crippen LogP contribution is -1.86. The van der Waals surface area contributed by atoms with E-state index in [9.17, 15) is 4.79 Å². The van der Waals surface area contributed by atoms with Gasteiger partial charge in [0.25, 0.3) is 0 Å². The maximum absolute atomic E-state index is 10.3. The lowest BCUT2D eigenvalue weighted by molar-refractivity contribution is 0.112. The Labute approximate surface area is 63.8 Å². The summed E-state index contributed by atoms with van der Waals surface area (Å²) < 4.78 is 0. The number of hydrogen-bond donors (Lipinski definition) is 0. The van der Waals surface area contributed by atoms with E-state index in [1.54, 1.807) is 6.07 Å². The average Bonchev–Trinajstić information content (AvgIpc) is 1.94. The van der Waals surface area contributed by atoms with Gasteiger partial charge < -0.3 is 0 Å². The van der Waals surface area contributed by atoms with Crippen LogP contribution < -0.4 is 0 Å². The summed E-state index contributed by atoms with van der Waals surface area (Å²) in [6.07, 6.45) is 2.19. The molecule has 0 bridgehead atoms. The molecule has 0 amide bonds. The number of carbonyl (C=O) groups is 1. The van der Waals surface area contributed by atoms with Crippen LogP contribution in [0.1, 0.15) is 16.1 Å². The predicted octanol–water partition coefficient (Wildman–Crippen LogP) is 1.86. The molecule has 52 valence electrons. The fraction of sp³-hybridized carbons (Fsp3) is 0.143. The van der Waals surface area contributed by atoms with E-state index in [0.29, 0.717) is 10.6 Å². The van der Waals surface area contributed by atoms with Gasteiger partial charge in [-0.05, 0) is 13.0 Å². The predicted molar refractivity (Wildman–Crippen MR) is 39.4 cm³/mol. The van der Waals surface area contributed by atoms with Crippen LogP contribution in [0.25, 0.3) is 0 Å². The highest BCUT2D eigenvalue weighted by atomic mass is 35.5. The Morgan fingerprint density at radius 2 is 2.40 bits per heavy atom. The van der Waals surface area contributed by atoms with Crippen LogP contribution in [0.3, 0.4) is 0 Å². The summed E-state index contributed by atoms with van der Waals surface area (Å²) in [4.78, 5) is 14.2. The van der Waals surface area contributed by atoms with Gasteiger partial charge in [0, 0.05) is 17.5 Å². The average molecular weight is 156 g/mol. The standard InChI is InChI=1S/C7H6ClNO/c1-5-2-6(4-10)7(8)3-9-5/h2-4H,1H3. The van der Waals surface area contributed by atoms with E-state index in [4.69, 9.17) is 11.6 Å². The third-order valence-corrected chi connectivity index (χ3v) is 1.46. The smallest absolute Gasteiger partial charge is 0.151 e.